The maximum atomic E-state index is 14.1. The summed E-state index contributed by atoms with van der Waals surface area (Å²) in [6.45, 7) is 0. The van der Waals surface area contributed by atoms with Crippen LogP contribution >= 0.6 is 11.6 Å². The lowest BCUT2D eigenvalue weighted by Crippen LogP contribution is -1.88. The maximum Gasteiger partial charge on any atom is 0.226 e. The molecule has 0 bridgehead atoms. The minimum Gasteiger partial charge on any atom is -0.274 e. The van der Waals surface area contributed by atoms with E-state index in [1.54, 1.807) is 12.1 Å². The van der Waals surface area contributed by atoms with Crippen molar-refractivity contribution in [3.8, 4) is 11.3 Å². The molecule has 3 rings (SSSR count). The molecular formula is C13H8ClFN2. The van der Waals surface area contributed by atoms with Crippen LogP contribution in [0.15, 0.2) is 48.7 Å². The van der Waals surface area contributed by atoms with E-state index >= 15 is 0 Å². The van der Waals surface area contributed by atoms with Gasteiger partial charge in [-0.05, 0) is 12.1 Å². The van der Waals surface area contributed by atoms with Crippen molar-refractivity contribution in [1.82, 2.24) is 9.38 Å². The monoisotopic (exact) mass is 246 g/mol. The van der Waals surface area contributed by atoms with Crippen LogP contribution in [0.1, 0.15) is 0 Å². The molecule has 2 heterocycles. The van der Waals surface area contributed by atoms with Gasteiger partial charge in [0, 0.05) is 11.8 Å². The number of pyridine rings is 1. The van der Waals surface area contributed by atoms with Crippen LogP contribution in [0.3, 0.4) is 0 Å². The molecule has 1 aromatic carbocycles. The Morgan fingerprint density at radius 2 is 1.82 bits per heavy atom. The highest BCUT2D eigenvalue weighted by molar-refractivity contribution is 6.30. The molecule has 0 fully saturated rings. The van der Waals surface area contributed by atoms with E-state index in [0.717, 1.165) is 5.56 Å². The molecule has 2 aromatic heterocycles. The molecule has 0 saturated carbocycles. The van der Waals surface area contributed by atoms with Gasteiger partial charge in [-0.2, -0.15) is 4.39 Å². The summed E-state index contributed by atoms with van der Waals surface area (Å²) in [5.41, 5.74) is 1.64. The molecular weight excluding hydrogens is 239 g/mol. The third kappa shape index (κ3) is 1.68. The minimum absolute atomic E-state index is 0.341. The first-order valence-corrected chi connectivity index (χ1v) is 5.52. The largest absolute Gasteiger partial charge is 0.274 e. The predicted octanol–water partition coefficient (Wildman–Crippen LogP) is 3.79. The summed E-state index contributed by atoms with van der Waals surface area (Å²) in [6, 6.07) is 12.6. The molecule has 3 aromatic rings. The zero-order chi connectivity index (χ0) is 11.8. The van der Waals surface area contributed by atoms with Gasteiger partial charge < -0.3 is 0 Å². The molecule has 84 valence electrons. The lowest BCUT2D eigenvalue weighted by molar-refractivity contribution is 0.576. The maximum absolute atomic E-state index is 14.1. The number of hydrogen-bond donors (Lipinski definition) is 0. The summed E-state index contributed by atoms with van der Waals surface area (Å²) in [5.74, 6) is -0.395. The average Bonchev–Trinajstić information content (AvgIpc) is 2.68. The van der Waals surface area contributed by atoms with Crippen molar-refractivity contribution < 1.29 is 4.39 Å². The Bertz CT molecular complexity index is 676. The van der Waals surface area contributed by atoms with E-state index in [2.05, 4.69) is 4.98 Å². The fourth-order valence-corrected chi connectivity index (χ4v) is 1.93. The highest BCUT2D eigenvalue weighted by Gasteiger charge is 2.13. The summed E-state index contributed by atoms with van der Waals surface area (Å²) >= 11 is 5.83. The van der Waals surface area contributed by atoms with Gasteiger partial charge in [0.25, 0.3) is 0 Å². The van der Waals surface area contributed by atoms with Gasteiger partial charge in [-0.15, -0.1) is 0 Å². The molecule has 0 aliphatic rings. The molecule has 0 N–H and O–H groups in total. The first kappa shape index (κ1) is 10.3. The van der Waals surface area contributed by atoms with Crippen molar-refractivity contribution in [3.05, 3.63) is 59.6 Å². The van der Waals surface area contributed by atoms with Crippen LogP contribution in [0.5, 0.6) is 0 Å². The summed E-state index contributed by atoms with van der Waals surface area (Å²) in [6.07, 6.45) is 1.52. The molecule has 0 aliphatic carbocycles. The van der Waals surface area contributed by atoms with Gasteiger partial charge in [-0.25, -0.2) is 4.98 Å². The van der Waals surface area contributed by atoms with Crippen LogP contribution in [-0.2, 0) is 0 Å². The first-order chi connectivity index (χ1) is 8.25. The second-order valence-electron chi connectivity index (χ2n) is 3.69. The fraction of sp³-hybridized carbons (Fsp3) is 0. The molecule has 4 heteroatoms. The van der Waals surface area contributed by atoms with Crippen molar-refractivity contribution in [2.45, 2.75) is 0 Å². The Morgan fingerprint density at radius 1 is 1.06 bits per heavy atom. The van der Waals surface area contributed by atoms with Crippen LogP contribution in [-0.4, -0.2) is 9.38 Å². The van der Waals surface area contributed by atoms with Crippen molar-refractivity contribution in [2.75, 3.05) is 0 Å². The van der Waals surface area contributed by atoms with E-state index in [1.807, 2.05) is 30.3 Å². The molecule has 0 spiro atoms. The number of aromatic nitrogens is 2. The van der Waals surface area contributed by atoms with E-state index in [4.69, 9.17) is 11.6 Å². The topological polar surface area (TPSA) is 17.3 Å². The highest BCUT2D eigenvalue weighted by atomic mass is 35.5. The molecule has 0 saturated heterocycles. The van der Waals surface area contributed by atoms with Crippen LogP contribution in [0.25, 0.3) is 16.9 Å². The molecule has 0 aliphatic heterocycles. The highest BCUT2D eigenvalue weighted by Crippen LogP contribution is 2.23. The Morgan fingerprint density at radius 3 is 2.59 bits per heavy atom. The minimum atomic E-state index is -0.395. The van der Waals surface area contributed by atoms with Gasteiger partial charge in [-0.3, -0.25) is 4.40 Å². The van der Waals surface area contributed by atoms with Crippen LogP contribution in [0, 0.1) is 5.95 Å². The quantitative estimate of drug-likeness (QED) is 0.639. The number of imidazole rings is 1. The zero-order valence-electron chi connectivity index (χ0n) is 8.77. The number of rotatable bonds is 1. The molecule has 2 nitrogen and oxygen atoms in total. The lowest BCUT2D eigenvalue weighted by Gasteiger charge is -1.96. The molecule has 0 amide bonds. The SMILES string of the molecule is Fc1c(-c2ccccc2)nc2ccc(Cl)cn12. The van der Waals surface area contributed by atoms with Crippen LogP contribution in [0.4, 0.5) is 4.39 Å². The zero-order valence-corrected chi connectivity index (χ0v) is 9.53. The molecule has 0 unspecified atom stereocenters. The van der Waals surface area contributed by atoms with Crippen molar-refractivity contribution in [3.63, 3.8) is 0 Å². The Kier molecular flexibility index (Phi) is 2.34. The van der Waals surface area contributed by atoms with Crippen molar-refractivity contribution >= 4 is 17.2 Å². The number of hydrogen-bond acceptors (Lipinski definition) is 1. The van der Waals surface area contributed by atoms with Gasteiger partial charge >= 0.3 is 0 Å². The van der Waals surface area contributed by atoms with E-state index < -0.39 is 5.95 Å². The van der Waals surface area contributed by atoms with Crippen molar-refractivity contribution in [1.29, 1.82) is 0 Å². The summed E-state index contributed by atoms with van der Waals surface area (Å²) < 4.78 is 15.5. The lowest BCUT2D eigenvalue weighted by atomic mass is 10.2. The number of nitrogens with zero attached hydrogens (tertiary/aromatic N) is 2. The van der Waals surface area contributed by atoms with Gasteiger partial charge in [0.15, 0.2) is 0 Å². The predicted molar refractivity (Wildman–Crippen MR) is 65.6 cm³/mol. The smallest absolute Gasteiger partial charge is 0.226 e. The number of halogens is 2. The first-order valence-electron chi connectivity index (χ1n) is 5.14. The third-order valence-corrected chi connectivity index (χ3v) is 2.79. The average molecular weight is 247 g/mol. The number of fused-ring (bicyclic) bond motifs is 1. The Hall–Kier alpha value is -1.87. The van der Waals surface area contributed by atoms with E-state index in [0.29, 0.717) is 16.4 Å². The van der Waals surface area contributed by atoms with Gasteiger partial charge in [0.1, 0.15) is 11.3 Å². The molecule has 17 heavy (non-hydrogen) atoms. The van der Waals surface area contributed by atoms with Gasteiger partial charge in [-0.1, -0.05) is 41.9 Å². The van der Waals surface area contributed by atoms with E-state index in [9.17, 15) is 4.39 Å². The standard InChI is InChI=1S/C13H8ClFN2/c14-10-6-7-11-16-12(13(15)17(11)8-10)9-4-2-1-3-5-9/h1-8H. The normalized spacial score (nSPS) is 10.9. The van der Waals surface area contributed by atoms with Gasteiger partial charge in [0.05, 0.1) is 5.02 Å². The summed E-state index contributed by atoms with van der Waals surface area (Å²) in [5, 5.41) is 0.480. The second kappa shape index (κ2) is 3.86. The summed E-state index contributed by atoms with van der Waals surface area (Å²) in [7, 11) is 0. The molecule has 0 radical (unpaired) electrons. The number of benzene rings is 1. The van der Waals surface area contributed by atoms with Gasteiger partial charge in [0.2, 0.25) is 5.95 Å². The van der Waals surface area contributed by atoms with Crippen molar-refractivity contribution in [2.24, 2.45) is 0 Å². The Labute approximate surface area is 102 Å². The fourth-order valence-electron chi connectivity index (χ4n) is 1.77. The third-order valence-electron chi connectivity index (χ3n) is 2.57. The molecule has 0 atom stereocenters. The van der Waals surface area contributed by atoms with Crippen LogP contribution in [0.2, 0.25) is 5.02 Å². The Balaban J connectivity index is 2.28. The van der Waals surface area contributed by atoms with E-state index in [1.165, 1.54) is 10.6 Å². The summed E-state index contributed by atoms with van der Waals surface area (Å²) in [4.78, 5) is 4.25. The van der Waals surface area contributed by atoms with Crippen LogP contribution < -0.4 is 0 Å². The second-order valence-corrected chi connectivity index (χ2v) is 4.13. The van der Waals surface area contributed by atoms with E-state index in [-0.39, 0.29) is 0 Å².